The molecule has 1 saturated carbocycles. The topological polar surface area (TPSA) is 75.6 Å². The van der Waals surface area contributed by atoms with Gasteiger partial charge in [-0.25, -0.2) is 0 Å². The normalized spacial score (nSPS) is 21.0. The van der Waals surface area contributed by atoms with Gasteiger partial charge >= 0.3 is 12.1 Å². The number of alkyl halides is 3. The third-order valence-electron chi connectivity index (χ3n) is 3.68. The quantitative estimate of drug-likeness (QED) is 0.869. The van der Waals surface area contributed by atoms with Crippen molar-refractivity contribution in [2.75, 3.05) is 11.9 Å². The second-order valence-corrected chi connectivity index (χ2v) is 5.46. The number of carboxylic acid groups (broad SMARTS) is 1. The van der Waals surface area contributed by atoms with E-state index in [1.54, 1.807) is 0 Å². The van der Waals surface area contributed by atoms with Gasteiger partial charge in [0.05, 0.1) is 5.92 Å². The summed E-state index contributed by atoms with van der Waals surface area (Å²) in [6.07, 6.45) is -3.13. The van der Waals surface area contributed by atoms with E-state index in [0.717, 1.165) is 0 Å². The number of hydrogen-bond acceptors (Lipinski definition) is 3. The van der Waals surface area contributed by atoms with Gasteiger partial charge in [-0.2, -0.15) is 13.2 Å². The first-order chi connectivity index (χ1) is 10.7. The molecule has 0 bridgehead atoms. The van der Waals surface area contributed by atoms with E-state index < -0.39 is 24.7 Å². The number of hydrogen-bond donors (Lipinski definition) is 2. The number of nitrogens with one attached hydrogen (secondary N) is 1. The first kappa shape index (κ1) is 17.1. The lowest BCUT2D eigenvalue weighted by Gasteiger charge is -2.12. The molecule has 2 atom stereocenters. The van der Waals surface area contributed by atoms with Gasteiger partial charge in [-0.3, -0.25) is 9.59 Å². The van der Waals surface area contributed by atoms with Crippen LogP contribution in [0.5, 0.6) is 5.75 Å². The lowest BCUT2D eigenvalue weighted by atomic mass is 10.0. The molecule has 23 heavy (non-hydrogen) atoms. The summed E-state index contributed by atoms with van der Waals surface area (Å²) in [5.41, 5.74) is 0.424. The summed E-state index contributed by atoms with van der Waals surface area (Å²) in [6, 6.07) is 5.53. The van der Waals surface area contributed by atoms with E-state index >= 15 is 0 Å². The van der Waals surface area contributed by atoms with Crippen LogP contribution in [0.3, 0.4) is 0 Å². The summed E-state index contributed by atoms with van der Waals surface area (Å²) in [5.74, 6) is -1.99. The minimum Gasteiger partial charge on any atom is -0.484 e. The van der Waals surface area contributed by atoms with Crippen LogP contribution in [-0.2, 0) is 9.59 Å². The number of carbonyl (C=O) groups is 2. The van der Waals surface area contributed by atoms with Crippen LogP contribution in [0.1, 0.15) is 19.3 Å². The van der Waals surface area contributed by atoms with Crippen LogP contribution in [0.2, 0.25) is 0 Å². The van der Waals surface area contributed by atoms with Crippen molar-refractivity contribution in [2.45, 2.75) is 25.4 Å². The third-order valence-corrected chi connectivity index (χ3v) is 3.68. The van der Waals surface area contributed by atoms with Crippen molar-refractivity contribution in [3.05, 3.63) is 24.3 Å². The summed E-state index contributed by atoms with van der Waals surface area (Å²) < 4.78 is 40.7. The average molecular weight is 331 g/mol. The van der Waals surface area contributed by atoms with Crippen molar-refractivity contribution in [1.82, 2.24) is 0 Å². The van der Waals surface area contributed by atoms with Crippen LogP contribution in [0.25, 0.3) is 0 Å². The van der Waals surface area contributed by atoms with Gasteiger partial charge < -0.3 is 15.2 Å². The maximum atomic E-state index is 12.0. The third kappa shape index (κ3) is 5.15. The monoisotopic (exact) mass is 331 g/mol. The van der Waals surface area contributed by atoms with Crippen molar-refractivity contribution < 1.29 is 32.6 Å². The molecule has 0 saturated heterocycles. The number of halogens is 3. The number of carboxylic acids is 1. The van der Waals surface area contributed by atoms with Gasteiger partial charge in [-0.05, 0) is 43.5 Å². The zero-order valence-corrected chi connectivity index (χ0v) is 12.1. The molecule has 1 amide bonds. The highest BCUT2D eigenvalue weighted by Crippen LogP contribution is 2.32. The standard InChI is InChI=1S/C15H16F3NO4/c16-15(17,18)8-23-12-5-3-11(4-6-12)19-13(20)9-1-2-10(7-9)14(21)22/h3-6,9-10H,1-2,7-8H2,(H,19,20)(H,21,22)/t9-,10+/m0/s1. The zero-order valence-electron chi connectivity index (χ0n) is 12.1. The molecular formula is C15H16F3NO4. The second-order valence-electron chi connectivity index (χ2n) is 5.46. The van der Waals surface area contributed by atoms with Crippen LogP contribution in [0.4, 0.5) is 18.9 Å². The molecule has 1 fully saturated rings. The fraction of sp³-hybridized carbons (Fsp3) is 0.467. The van der Waals surface area contributed by atoms with E-state index in [-0.39, 0.29) is 17.6 Å². The van der Waals surface area contributed by atoms with Gasteiger partial charge in [0.25, 0.3) is 0 Å². The van der Waals surface area contributed by atoms with Gasteiger partial charge in [0, 0.05) is 11.6 Å². The summed E-state index contributed by atoms with van der Waals surface area (Å²) in [4.78, 5) is 22.9. The second kappa shape index (κ2) is 6.89. The molecule has 1 aliphatic rings. The van der Waals surface area contributed by atoms with Gasteiger partial charge in [0.15, 0.2) is 6.61 Å². The molecule has 2 N–H and O–H groups in total. The highest BCUT2D eigenvalue weighted by Gasteiger charge is 2.33. The van der Waals surface area contributed by atoms with E-state index in [2.05, 4.69) is 10.1 Å². The molecule has 1 aromatic rings. The molecular weight excluding hydrogens is 315 g/mol. The first-order valence-electron chi connectivity index (χ1n) is 7.08. The lowest BCUT2D eigenvalue weighted by Crippen LogP contribution is -2.21. The minimum atomic E-state index is -4.41. The number of carbonyl (C=O) groups excluding carboxylic acids is 1. The molecule has 0 spiro atoms. The smallest absolute Gasteiger partial charge is 0.422 e. The number of benzene rings is 1. The Kier molecular flexibility index (Phi) is 5.12. The lowest BCUT2D eigenvalue weighted by molar-refractivity contribution is -0.153. The predicted molar refractivity (Wildman–Crippen MR) is 75.1 cm³/mol. The van der Waals surface area contributed by atoms with Crippen LogP contribution in [-0.4, -0.2) is 29.8 Å². The van der Waals surface area contributed by atoms with Crippen molar-refractivity contribution in [1.29, 1.82) is 0 Å². The Morgan fingerprint density at radius 2 is 1.78 bits per heavy atom. The molecule has 0 radical (unpaired) electrons. The Labute approximate surface area is 130 Å². The summed E-state index contributed by atoms with van der Waals surface area (Å²) >= 11 is 0. The van der Waals surface area contributed by atoms with Crippen LogP contribution in [0, 0.1) is 11.8 Å². The number of amides is 1. The molecule has 0 heterocycles. The molecule has 0 aliphatic heterocycles. The van der Waals surface area contributed by atoms with Crippen LogP contribution < -0.4 is 10.1 Å². The first-order valence-corrected chi connectivity index (χ1v) is 7.08. The van der Waals surface area contributed by atoms with Crippen molar-refractivity contribution in [2.24, 2.45) is 11.8 Å². The largest absolute Gasteiger partial charge is 0.484 e. The van der Waals surface area contributed by atoms with Crippen molar-refractivity contribution >= 4 is 17.6 Å². The Hall–Kier alpha value is -2.25. The Morgan fingerprint density at radius 3 is 2.30 bits per heavy atom. The van der Waals surface area contributed by atoms with E-state index in [0.29, 0.717) is 24.9 Å². The van der Waals surface area contributed by atoms with Gasteiger partial charge in [-0.1, -0.05) is 0 Å². The predicted octanol–water partition coefficient (Wildman–Crippen LogP) is 3.07. The number of rotatable bonds is 5. The molecule has 0 unspecified atom stereocenters. The molecule has 1 aromatic carbocycles. The fourth-order valence-electron chi connectivity index (χ4n) is 2.49. The number of ether oxygens (including phenoxy) is 1. The zero-order chi connectivity index (χ0) is 17.0. The van der Waals surface area contributed by atoms with E-state index in [1.165, 1.54) is 24.3 Å². The van der Waals surface area contributed by atoms with E-state index in [4.69, 9.17) is 5.11 Å². The van der Waals surface area contributed by atoms with Crippen molar-refractivity contribution in [3.8, 4) is 5.75 Å². The number of anilines is 1. The Balaban J connectivity index is 1.86. The summed E-state index contributed by atoms with van der Waals surface area (Å²) in [6.45, 7) is -1.38. The van der Waals surface area contributed by atoms with Crippen molar-refractivity contribution in [3.63, 3.8) is 0 Å². The Morgan fingerprint density at radius 1 is 1.17 bits per heavy atom. The van der Waals surface area contributed by atoms with E-state index in [9.17, 15) is 22.8 Å². The average Bonchev–Trinajstić information content (AvgIpc) is 2.96. The molecule has 2 rings (SSSR count). The molecule has 0 aromatic heterocycles. The molecule has 5 nitrogen and oxygen atoms in total. The van der Waals surface area contributed by atoms with E-state index in [1.807, 2.05) is 0 Å². The number of aliphatic carboxylic acids is 1. The van der Waals surface area contributed by atoms with Crippen LogP contribution in [0.15, 0.2) is 24.3 Å². The summed E-state index contributed by atoms with van der Waals surface area (Å²) in [7, 11) is 0. The van der Waals surface area contributed by atoms with Gasteiger partial charge in [-0.15, -0.1) is 0 Å². The van der Waals surface area contributed by atoms with Crippen LogP contribution >= 0.6 is 0 Å². The Bertz CT molecular complexity index is 571. The fourth-order valence-corrected chi connectivity index (χ4v) is 2.49. The molecule has 8 heteroatoms. The summed E-state index contributed by atoms with van der Waals surface area (Å²) in [5, 5.41) is 11.5. The maximum Gasteiger partial charge on any atom is 0.422 e. The maximum absolute atomic E-state index is 12.0. The van der Waals surface area contributed by atoms with Gasteiger partial charge in [0.2, 0.25) is 5.91 Å². The molecule has 126 valence electrons. The SMILES string of the molecule is O=C(O)[C@@H]1CC[C@H](C(=O)Nc2ccc(OCC(F)(F)F)cc2)C1. The molecule has 1 aliphatic carbocycles. The highest BCUT2D eigenvalue weighted by molar-refractivity contribution is 5.93. The van der Waals surface area contributed by atoms with Gasteiger partial charge in [0.1, 0.15) is 5.75 Å². The minimum absolute atomic E-state index is 0.0483. The highest BCUT2D eigenvalue weighted by atomic mass is 19.4.